The number of rotatable bonds is 5. The van der Waals surface area contributed by atoms with Crippen molar-refractivity contribution in [3.63, 3.8) is 0 Å². The maximum absolute atomic E-state index is 11.9. The molecule has 0 saturated carbocycles. The van der Waals surface area contributed by atoms with Crippen molar-refractivity contribution in [1.29, 1.82) is 0 Å². The molecule has 1 aliphatic rings. The molecule has 1 aliphatic heterocycles. The summed E-state index contributed by atoms with van der Waals surface area (Å²) in [7, 11) is 1.39. The van der Waals surface area contributed by atoms with Crippen molar-refractivity contribution >= 4 is 5.91 Å². The minimum atomic E-state index is -0.316. The maximum atomic E-state index is 11.9. The molecule has 5 rings (SSSR count). The number of benzene rings is 2. The number of nitrogens with zero attached hydrogens (tertiary/aromatic N) is 2. The number of hydroxylamine groups is 1. The number of nitrogens with one attached hydrogen (secondary N) is 2. The van der Waals surface area contributed by atoms with Gasteiger partial charge >= 0.3 is 0 Å². The molecule has 8 nitrogen and oxygen atoms in total. The number of aromatic amines is 1. The fourth-order valence-electron chi connectivity index (χ4n) is 3.39. The van der Waals surface area contributed by atoms with E-state index in [2.05, 4.69) is 20.3 Å². The largest absolute Gasteiger partial charge is 0.454 e. The van der Waals surface area contributed by atoms with Gasteiger partial charge in [0.2, 0.25) is 6.79 Å². The van der Waals surface area contributed by atoms with Gasteiger partial charge in [-0.05, 0) is 42.5 Å². The Kier molecular flexibility index (Phi) is 4.81. The minimum absolute atomic E-state index is 0.209. The van der Waals surface area contributed by atoms with E-state index in [0.717, 1.165) is 28.2 Å². The van der Waals surface area contributed by atoms with Gasteiger partial charge in [-0.2, -0.15) is 0 Å². The average Bonchev–Trinajstić information content (AvgIpc) is 3.47. The van der Waals surface area contributed by atoms with E-state index in [1.807, 2.05) is 48.5 Å². The minimum Gasteiger partial charge on any atom is -0.454 e. The fraction of sp³-hybridized carbons (Fsp3) is 0.0870. The molecule has 0 aliphatic carbocycles. The summed E-state index contributed by atoms with van der Waals surface area (Å²) < 4.78 is 11.0. The molecule has 0 radical (unpaired) electrons. The third-order valence-electron chi connectivity index (χ3n) is 4.89. The molecule has 0 bridgehead atoms. The molecule has 4 aromatic rings. The lowest BCUT2D eigenvalue weighted by atomic mass is 10.1. The van der Waals surface area contributed by atoms with Crippen LogP contribution in [-0.4, -0.2) is 34.8 Å². The Morgan fingerprint density at radius 2 is 1.84 bits per heavy atom. The van der Waals surface area contributed by atoms with Crippen LogP contribution in [-0.2, 0) is 4.84 Å². The number of pyridine rings is 1. The monoisotopic (exact) mass is 414 g/mol. The quantitative estimate of drug-likeness (QED) is 0.482. The standard InChI is InChI=1S/C23H18N4O4/c1-29-27-23(28)15-7-5-14(6-8-15)22-25-20(21(26-22)17-4-2-3-11-24-17)16-9-10-18-19(12-16)31-13-30-18/h2-12H,13H2,1H3,(H,25,26)(H,27,28). The topological polar surface area (TPSA) is 98.4 Å². The zero-order chi connectivity index (χ0) is 21.2. The second-order valence-corrected chi connectivity index (χ2v) is 6.80. The molecule has 0 atom stereocenters. The molecule has 2 aromatic heterocycles. The Morgan fingerprint density at radius 3 is 2.61 bits per heavy atom. The van der Waals surface area contributed by atoms with E-state index in [4.69, 9.17) is 14.5 Å². The van der Waals surface area contributed by atoms with Gasteiger partial charge in [0.15, 0.2) is 11.5 Å². The van der Waals surface area contributed by atoms with Gasteiger partial charge in [-0.25, -0.2) is 10.5 Å². The highest BCUT2D eigenvalue weighted by atomic mass is 16.7. The molecular weight excluding hydrogens is 396 g/mol. The predicted octanol–water partition coefficient (Wildman–Crippen LogP) is 3.83. The molecule has 154 valence electrons. The number of hydrogen-bond acceptors (Lipinski definition) is 6. The van der Waals surface area contributed by atoms with Gasteiger partial charge in [0, 0.05) is 22.9 Å². The molecule has 2 N–H and O–H groups in total. The van der Waals surface area contributed by atoms with Crippen LogP contribution in [0.15, 0.2) is 66.9 Å². The summed E-state index contributed by atoms with van der Waals surface area (Å²) in [6.45, 7) is 0.209. The first-order chi connectivity index (χ1) is 15.2. The Bertz CT molecular complexity index is 1240. The van der Waals surface area contributed by atoms with E-state index in [1.165, 1.54) is 7.11 Å². The number of ether oxygens (including phenoxy) is 2. The van der Waals surface area contributed by atoms with Crippen LogP contribution in [0.3, 0.4) is 0 Å². The highest BCUT2D eigenvalue weighted by Crippen LogP contribution is 2.38. The zero-order valence-corrected chi connectivity index (χ0v) is 16.6. The van der Waals surface area contributed by atoms with E-state index >= 15 is 0 Å². The average molecular weight is 414 g/mol. The summed E-state index contributed by atoms with van der Waals surface area (Å²) in [5.41, 5.74) is 6.80. The van der Waals surface area contributed by atoms with Crippen LogP contribution in [0.25, 0.3) is 34.0 Å². The first-order valence-corrected chi connectivity index (χ1v) is 9.58. The van der Waals surface area contributed by atoms with Crippen LogP contribution in [0.5, 0.6) is 11.5 Å². The number of carbonyl (C=O) groups is 1. The zero-order valence-electron chi connectivity index (χ0n) is 16.6. The number of imidazole rings is 1. The van der Waals surface area contributed by atoms with Crippen LogP contribution < -0.4 is 15.0 Å². The summed E-state index contributed by atoms with van der Waals surface area (Å²) in [6.07, 6.45) is 1.74. The third-order valence-corrected chi connectivity index (χ3v) is 4.89. The molecule has 8 heteroatoms. The Labute approximate surface area is 177 Å². The molecule has 0 spiro atoms. The Balaban J connectivity index is 1.58. The van der Waals surface area contributed by atoms with Crippen LogP contribution in [0.2, 0.25) is 0 Å². The summed E-state index contributed by atoms with van der Waals surface area (Å²) >= 11 is 0. The highest BCUT2D eigenvalue weighted by molar-refractivity contribution is 5.94. The van der Waals surface area contributed by atoms with Crippen molar-refractivity contribution in [2.45, 2.75) is 0 Å². The number of H-pyrrole nitrogens is 1. The molecular formula is C23H18N4O4. The highest BCUT2D eigenvalue weighted by Gasteiger charge is 2.20. The maximum Gasteiger partial charge on any atom is 0.274 e. The van der Waals surface area contributed by atoms with Crippen molar-refractivity contribution in [2.24, 2.45) is 0 Å². The van der Waals surface area contributed by atoms with Crippen molar-refractivity contribution in [3.8, 4) is 45.5 Å². The van der Waals surface area contributed by atoms with E-state index in [1.54, 1.807) is 18.3 Å². The molecule has 0 fully saturated rings. The number of carbonyl (C=O) groups excluding carboxylic acids is 1. The van der Waals surface area contributed by atoms with Crippen molar-refractivity contribution in [3.05, 3.63) is 72.4 Å². The summed E-state index contributed by atoms with van der Waals surface area (Å²) in [5, 5.41) is 0. The van der Waals surface area contributed by atoms with Gasteiger partial charge in [-0.3, -0.25) is 14.6 Å². The molecule has 31 heavy (non-hydrogen) atoms. The number of amides is 1. The first-order valence-electron chi connectivity index (χ1n) is 9.58. The lowest BCUT2D eigenvalue weighted by molar-refractivity contribution is 0.0537. The first kappa shape index (κ1) is 18.8. The van der Waals surface area contributed by atoms with E-state index in [-0.39, 0.29) is 12.7 Å². The van der Waals surface area contributed by atoms with Crippen LogP contribution >= 0.6 is 0 Å². The summed E-state index contributed by atoms with van der Waals surface area (Å²) in [5.74, 6) is 1.74. The van der Waals surface area contributed by atoms with Gasteiger partial charge in [-0.15, -0.1) is 0 Å². The molecule has 0 saturated heterocycles. The van der Waals surface area contributed by atoms with Gasteiger partial charge in [0.25, 0.3) is 5.91 Å². The Morgan fingerprint density at radius 1 is 1.03 bits per heavy atom. The van der Waals surface area contributed by atoms with E-state index < -0.39 is 0 Å². The Hall–Kier alpha value is -4.17. The van der Waals surface area contributed by atoms with Gasteiger partial charge in [-0.1, -0.05) is 18.2 Å². The second-order valence-electron chi connectivity index (χ2n) is 6.80. The number of hydrogen-bond donors (Lipinski definition) is 2. The predicted molar refractivity (Wildman–Crippen MR) is 113 cm³/mol. The summed E-state index contributed by atoms with van der Waals surface area (Å²) in [4.78, 5) is 29.3. The van der Waals surface area contributed by atoms with E-state index in [0.29, 0.717) is 22.9 Å². The fourth-order valence-corrected chi connectivity index (χ4v) is 3.39. The lowest BCUT2D eigenvalue weighted by Gasteiger charge is -2.03. The second kappa shape index (κ2) is 7.92. The van der Waals surface area contributed by atoms with Crippen molar-refractivity contribution < 1.29 is 19.1 Å². The summed E-state index contributed by atoms with van der Waals surface area (Å²) in [6, 6.07) is 18.5. The van der Waals surface area contributed by atoms with Gasteiger partial charge in [0.1, 0.15) is 5.82 Å². The van der Waals surface area contributed by atoms with Crippen LogP contribution in [0.1, 0.15) is 10.4 Å². The third kappa shape index (κ3) is 3.60. The molecule has 0 unspecified atom stereocenters. The SMILES string of the molecule is CONC(=O)c1ccc(-c2nc(-c3ccc4c(c3)OCO4)c(-c3ccccn3)[nH]2)cc1. The normalized spacial score (nSPS) is 12.0. The van der Waals surface area contributed by atoms with Crippen molar-refractivity contribution in [2.75, 3.05) is 13.9 Å². The molecule has 2 aromatic carbocycles. The van der Waals surface area contributed by atoms with Gasteiger partial charge in [0.05, 0.1) is 24.2 Å². The van der Waals surface area contributed by atoms with E-state index in [9.17, 15) is 4.79 Å². The molecule has 1 amide bonds. The number of fused-ring (bicyclic) bond motifs is 1. The van der Waals surface area contributed by atoms with Crippen LogP contribution in [0, 0.1) is 0 Å². The number of aromatic nitrogens is 3. The smallest absolute Gasteiger partial charge is 0.274 e. The molecule has 3 heterocycles. The van der Waals surface area contributed by atoms with Crippen molar-refractivity contribution in [1.82, 2.24) is 20.4 Å². The van der Waals surface area contributed by atoms with Crippen LogP contribution in [0.4, 0.5) is 0 Å². The lowest BCUT2D eigenvalue weighted by Crippen LogP contribution is -2.21. The van der Waals surface area contributed by atoms with Gasteiger partial charge < -0.3 is 14.5 Å².